The Kier molecular flexibility index (Phi) is 6.50. The fraction of sp³-hybridized carbons (Fsp3) is 0.211. The number of amides is 1. The highest BCUT2D eigenvalue weighted by Crippen LogP contribution is 2.32. The number of carbonyl (C=O) groups is 1. The van der Waals surface area contributed by atoms with E-state index in [1.165, 1.54) is 16.4 Å². The van der Waals surface area contributed by atoms with E-state index in [0.29, 0.717) is 38.8 Å². The molecule has 0 aliphatic heterocycles. The van der Waals surface area contributed by atoms with Gasteiger partial charge in [0.1, 0.15) is 0 Å². The number of nitrogen functional groups attached to an aromatic ring is 1. The molecule has 0 bridgehead atoms. The number of aryl methyl sites for hydroxylation is 1. The lowest BCUT2D eigenvalue weighted by Gasteiger charge is -2.10. The van der Waals surface area contributed by atoms with E-state index in [1.54, 1.807) is 44.6 Å². The van der Waals surface area contributed by atoms with Gasteiger partial charge in [0, 0.05) is 16.3 Å². The molecule has 0 unspecified atom stereocenters. The molecule has 0 aliphatic carbocycles. The maximum atomic E-state index is 12.3. The zero-order valence-electron chi connectivity index (χ0n) is 16.1. The number of aromatic nitrogens is 3. The van der Waals surface area contributed by atoms with Crippen molar-refractivity contribution in [3.8, 4) is 22.9 Å². The molecular formula is C19H20ClN5O3S. The topological polar surface area (TPSA) is 104 Å². The van der Waals surface area contributed by atoms with Gasteiger partial charge in [-0.2, -0.15) is 0 Å². The number of nitrogens with zero attached hydrogens (tertiary/aromatic N) is 3. The van der Waals surface area contributed by atoms with Crippen LogP contribution in [0.25, 0.3) is 11.4 Å². The Hall–Kier alpha value is -2.91. The molecule has 8 nitrogen and oxygen atoms in total. The molecule has 10 heteroatoms. The van der Waals surface area contributed by atoms with Crippen LogP contribution >= 0.6 is 23.4 Å². The lowest BCUT2D eigenvalue weighted by Crippen LogP contribution is -2.17. The standard InChI is InChI=1S/C19H20ClN5O3S/c1-11-4-6-13(20)9-14(11)22-17(26)10-29-19-24-23-18(25(19)21)12-5-7-15(27-2)16(8-12)28-3/h4-9H,10,21H2,1-3H3,(H,22,26). The van der Waals surface area contributed by atoms with Crippen LogP contribution in [0.5, 0.6) is 11.5 Å². The number of methoxy groups -OCH3 is 2. The fourth-order valence-corrected chi connectivity index (χ4v) is 3.42. The van der Waals surface area contributed by atoms with Crippen molar-refractivity contribution in [2.24, 2.45) is 0 Å². The first-order valence-corrected chi connectivity index (χ1v) is 9.91. The molecule has 0 aliphatic rings. The predicted octanol–water partition coefficient (Wildman–Crippen LogP) is 3.37. The monoisotopic (exact) mass is 433 g/mol. The maximum Gasteiger partial charge on any atom is 0.234 e. The summed E-state index contributed by atoms with van der Waals surface area (Å²) in [6, 6.07) is 10.6. The number of rotatable bonds is 7. The van der Waals surface area contributed by atoms with Crippen LogP contribution in [0.1, 0.15) is 5.56 Å². The molecule has 1 aromatic heterocycles. The van der Waals surface area contributed by atoms with Gasteiger partial charge in [-0.25, -0.2) is 4.68 Å². The quantitative estimate of drug-likeness (QED) is 0.434. The average molecular weight is 434 g/mol. The lowest BCUT2D eigenvalue weighted by molar-refractivity contribution is -0.113. The minimum absolute atomic E-state index is 0.118. The summed E-state index contributed by atoms with van der Waals surface area (Å²) in [5.41, 5.74) is 2.30. The Labute approximate surface area is 177 Å². The smallest absolute Gasteiger partial charge is 0.234 e. The second-order valence-electron chi connectivity index (χ2n) is 6.04. The van der Waals surface area contributed by atoms with Crippen molar-refractivity contribution >= 4 is 35.0 Å². The van der Waals surface area contributed by atoms with E-state index < -0.39 is 0 Å². The number of nitrogens with one attached hydrogen (secondary N) is 1. The molecule has 3 aromatic rings. The van der Waals surface area contributed by atoms with Gasteiger partial charge in [0.05, 0.1) is 20.0 Å². The summed E-state index contributed by atoms with van der Waals surface area (Å²) in [6.07, 6.45) is 0. The second-order valence-corrected chi connectivity index (χ2v) is 7.42. The number of hydrogen-bond acceptors (Lipinski definition) is 7. The third-order valence-electron chi connectivity index (χ3n) is 4.11. The molecule has 0 saturated heterocycles. The summed E-state index contributed by atoms with van der Waals surface area (Å²) < 4.78 is 11.9. The number of carbonyl (C=O) groups excluding carboxylic acids is 1. The molecular weight excluding hydrogens is 414 g/mol. The van der Waals surface area contributed by atoms with E-state index >= 15 is 0 Å². The SMILES string of the molecule is COc1ccc(-c2nnc(SCC(=O)Nc3cc(Cl)ccc3C)n2N)cc1OC. The van der Waals surface area contributed by atoms with Crippen molar-refractivity contribution in [2.75, 3.05) is 31.1 Å². The molecule has 2 aromatic carbocycles. The van der Waals surface area contributed by atoms with Crippen LogP contribution in [0, 0.1) is 6.92 Å². The van der Waals surface area contributed by atoms with E-state index in [9.17, 15) is 4.79 Å². The third-order valence-corrected chi connectivity index (χ3v) is 5.29. The van der Waals surface area contributed by atoms with Crippen LogP contribution in [-0.4, -0.2) is 40.8 Å². The Bertz CT molecular complexity index is 1040. The molecule has 1 heterocycles. The maximum absolute atomic E-state index is 12.3. The van der Waals surface area contributed by atoms with Gasteiger partial charge in [0.15, 0.2) is 17.3 Å². The summed E-state index contributed by atoms with van der Waals surface area (Å²) >= 11 is 7.17. The van der Waals surface area contributed by atoms with Crippen LogP contribution in [0.4, 0.5) is 5.69 Å². The first-order chi connectivity index (χ1) is 13.9. The van der Waals surface area contributed by atoms with Gasteiger partial charge in [-0.3, -0.25) is 4.79 Å². The normalized spacial score (nSPS) is 10.6. The van der Waals surface area contributed by atoms with Crippen LogP contribution in [0.2, 0.25) is 5.02 Å². The minimum atomic E-state index is -0.198. The highest BCUT2D eigenvalue weighted by molar-refractivity contribution is 7.99. The molecule has 0 saturated carbocycles. The Morgan fingerprint density at radius 3 is 2.66 bits per heavy atom. The summed E-state index contributed by atoms with van der Waals surface area (Å²) in [5.74, 6) is 7.65. The van der Waals surface area contributed by atoms with E-state index in [0.717, 1.165) is 5.56 Å². The van der Waals surface area contributed by atoms with Crippen molar-refractivity contribution < 1.29 is 14.3 Å². The van der Waals surface area contributed by atoms with Crippen molar-refractivity contribution in [3.63, 3.8) is 0 Å². The van der Waals surface area contributed by atoms with Crippen molar-refractivity contribution in [1.82, 2.24) is 14.9 Å². The molecule has 0 radical (unpaired) electrons. The zero-order valence-corrected chi connectivity index (χ0v) is 17.7. The Morgan fingerprint density at radius 2 is 1.93 bits per heavy atom. The Balaban J connectivity index is 1.70. The molecule has 0 atom stereocenters. The summed E-state index contributed by atoms with van der Waals surface area (Å²) in [4.78, 5) is 12.3. The zero-order chi connectivity index (χ0) is 21.0. The van der Waals surface area contributed by atoms with Crippen LogP contribution in [0.3, 0.4) is 0 Å². The number of nitrogens with two attached hydrogens (primary N) is 1. The number of hydrogen-bond donors (Lipinski definition) is 2. The van der Waals surface area contributed by atoms with E-state index in [-0.39, 0.29) is 11.7 Å². The van der Waals surface area contributed by atoms with Gasteiger partial charge in [-0.15, -0.1) is 10.2 Å². The highest BCUT2D eigenvalue weighted by atomic mass is 35.5. The van der Waals surface area contributed by atoms with Gasteiger partial charge in [0.2, 0.25) is 11.1 Å². The van der Waals surface area contributed by atoms with Crippen LogP contribution in [0.15, 0.2) is 41.6 Å². The van der Waals surface area contributed by atoms with Gasteiger partial charge in [0.25, 0.3) is 0 Å². The summed E-state index contributed by atoms with van der Waals surface area (Å²) in [5, 5.41) is 12.0. The van der Waals surface area contributed by atoms with Crippen molar-refractivity contribution in [1.29, 1.82) is 0 Å². The second kappa shape index (κ2) is 9.06. The first kappa shape index (κ1) is 20.8. The highest BCUT2D eigenvalue weighted by Gasteiger charge is 2.16. The molecule has 3 N–H and O–H groups in total. The van der Waals surface area contributed by atoms with E-state index in [4.69, 9.17) is 26.9 Å². The van der Waals surface area contributed by atoms with Gasteiger partial charge in [-0.05, 0) is 42.8 Å². The molecule has 3 rings (SSSR count). The average Bonchev–Trinajstić information content (AvgIpc) is 3.09. The first-order valence-electron chi connectivity index (χ1n) is 8.54. The molecule has 29 heavy (non-hydrogen) atoms. The third kappa shape index (κ3) is 4.75. The van der Waals surface area contributed by atoms with E-state index in [1.807, 2.05) is 13.0 Å². The summed E-state index contributed by atoms with van der Waals surface area (Å²) in [6.45, 7) is 1.89. The number of anilines is 1. The largest absolute Gasteiger partial charge is 0.493 e. The number of halogens is 1. The van der Waals surface area contributed by atoms with Crippen LogP contribution < -0.4 is 20.6 Å². The Morgan fingerprint density at radius 1 is 1.17 bits per heavy atom. The minimum Gasteiger partial charge on any atom is -0.493 e. The molecule has 0 fully saturated rings. The summed E-state index contributed by atoms with van der Waals surface area (Å²) in [7, 11) is 3.12. The number of thioether (sulfide) groups is 1. The molecule has 152 valence electrons. The lowest BCUT2D eigenvalue weighted by atomic mass is 10.2. The number of benzene rings is 2. The van der Waals surface area contributed by atoms with Crippen molar-refractivity contribution in [2.45, 2.75) is 12.1 Å². The van der Waals surface area contributed by atoms with Crippen LogP contribution in [-0.2, 0) is 4.79 Å². The van der Waals surface area contributed by atoms with Crippen molar-refractivity contribution in [3.05, 3.63) is 47.0 Å². The van der Waals surface area contributed by atoms with Gasteiger partial charge in [-0.1, -0.05) is 29.4 Å². The van der Waals surface area contributed by atoms with E-state index in [2.05, 4.69) is 15.5 Å². The fourth-order valence-electron chi connectivity index (χ4n) is 2.59. The molecule has 1 amide bonds. The van der Waals surface area contributed by atoms with Gasteiger partial charge < -0.3 is 20.6 Å². The number of ether oxygens (including phenoxy) is 2. The molecule has 0 spiro atoms. The predicted molar refractivity (Wildman–Crippen MR) is 114 cm³/mol. The van der Waals surface area contributed by atoms with Gasteiger partial charge >= 0.3 is 0 Å².